The van der Waals surface area contributed by atoms with Crippen LogP contribution in [0.4, 0.5) is 0 Å². The summed E-state index contributed by atoms with van der Waals surface area (Å²) < 4.78 is 22.2. The van der Waals surface area contributed by atoms with E-state index in [1.165, 1.54) is 0 Å². The second-order valence-electron chi connectivity index (χ2n) is 5.39. The van der Waals surface area contributed by atoms with E-state index in [0.717, 1.165) is 25.5 Å². The van der Waals surface area contributed by atoms with Gasteiger partial charge in [0.15, 0.2) is 9.84 Å². The van der Waals surface area contributed by atoms with Crippen LogP contribution in [0.3, 0.4) is 0 Å². The van der Waals surface area contributed by atoms with Crippen molar-refractivity contribution < 1.29 is 13.2 Å². The molecule has 1 aliphatic carbocycles. The lowest BCUT2D eigenvalue weighted by molar-refractivity contribution is -0.127. The molecule has 0 aromatic rings. The molecule has 0 aromatic heterocycles. The van der Waals surface area contributed by atoms with E-state index in [9.17, 15) is 13.2 Å². The molecular formula is C11H20N2O3S. The molecule has 0 bridgehead atoms. The van der Waals surface area contributed by atoms with Gasteiger partial charge in [-0.15, -0.1) is 0 Å². The maximum Gasteiger partial charge on any atom is 0.237 e. The van der Waals surface area contributed by atoms with E-state index in [2.05, 4.69) is 0 Å². The summed E-state index contributed by atoms with van der Waals surface area (Å²) in [6, 6.07) is 0.171. The minimum Gasteiger partial charge on any atom is -0.341 e. The minimum atomic E-state index is -3.23. The molecule has 0 radical (unpaired) electrons. The zero-order valence-electron chi connectivity index (χ0n) is 10.1. The number of hydrogen-bond donors (Lipinski definition) is 1. The zero-order chi connectivity index (χ0) is 12.6. The van der Waals surface area contributed by atoms with Crippen LogP contribution < -0.4 is 5.73 Å². The van der Waals surface area contributed by atoms with Crippen LogP contribution in [-0.2, 0) is 14.6 Å². The summed E-state index contributed by atoms with van der Waals surface area (Å²) in [7, 11) is -3.23. The van der Waals surface area contributed by atoms with Gasteiger partial charge in [0.05, 0.1) is 0 Å². The first-order chi connectivity index (χ1) is 7.87. The van der Waals surface area contributed by atoms with Crippen LogP contribution in [-0.4, -0.2) is 50.4 Å². The third-order valence-corrected chi connectivity index (χ3v) is 4.66. The van der Waals surface area contributed by atoms with Gasteiger partial charge in [-0.05, 0) is 24.7 Å². The van der Waals surface area contributed by atoms with Crippen molar-refractivity contribution in [1.29, 1.82) is 0 Å². The average molecular weight is 260 g/mol. The van der Waals surface area contributed by atoms with E-state index in [1.54, 1.807) is 4.90 Å². The lowest BCUT2D eigenvalue weighted by atomic mass is 9.78. The highest BCUT2D eigenvalue weighted by molar-refractivity contribution is 7.91. The van der Waals surface area contributed by atoms with E-state index in [4.69, 9.17) is 5.73 Å². The molecule has 5 nitrogen and oxygen atoms in total. The van der Waals surface area contributed by atoms with E-state index in [0.29, 0.717) is 24.9 Å². The van der Waals surface area contributed by atoms with Crippen molar-refractivity contribution in [2.45, 2.75) is 25.3 Å². The number of rotatable bonds is 2. The molecule has 0 spiro atoms. The zero-order valence-corrected chi connectivity index (χ0v) is 10.9. The molecule has 6 heteroatoms. The largest absolute Gasteiger partial charge is 0.341 e. The summed E-state index contributed by atoms with van der Waals surface area (Å²) in [5.74, 6) is 0.199. The van der Waals surface area contributed by atoms with Crippen LogP contribution >= 0.6 is 0 Å². The number of amides is 1. The summed E-state index contributed by atoms with van der Waals surface area (Å²) in [4.78, 5) is 13.5. The number of nitrogens with two attached hydrogens (primary N) is 1. The summed E-state index contributed by atoms with van der Waals surface area (Å²) >= 11 is 0. The Bertz CT molecular complexity index is 407. The third kappa shape index (κ3) is 2.98. The Balaban J connectivity index is 1.99. The molecular weight excluding hydrogens is 240 g/mol. The van der Waals surface area contributed by atoms with Gasteiger partial charge in [-0.3, -0.25) is 4.79 Å². The number of nitrogens with zero attached hydrogens (tertiary/aromatic N) is 1. The number of carbonyl (C=O) groups excluding carboxylic acids is 1. The highest BCUT2D eigenvalue weighted by Crippen LogP contribution is 2.35. The molecule has 3 atom stereocenters. The topological polar surface area (TPSA) is 80.5 Å². The molecule has 1 saturated heterocycles. The fourth-order valence-electron chi connectivity index (χ4n) is 3.04. The van der Waals surface area contributed by atoms with Crippen molar-refractivity contribution in [3.8, 4) is 0 Å². The number of likely N-dealkylation sites (tertiary alicyclic amines) is 1. The number of fused-ring (bicyclic) bond motifs is 1. The Hall–Kier alpha value is -0.620. The van der Waals surface area contributed by atoms with Crippen molar-refractivity contribution in [3.05, 3.63) is 0 Å². The normalized spacial score (nSPS) is 33.5. The Labute approximate surface area is 102 Å². The number of carbonyl (C=O) groups is 1. The van der Waals surface area contributed by atoms with Gasteiger partial charge in [0, 0.05) is 25.4 Å². The monoisotopic (exact) mass is 260 g/mol. The van der Waals surface area contributed by atoms with E-state index in [-0.39, 0.29) is 17.7 Å². The fraction of sp³-hybridized carbons (Fsp3) is 0.909. The molecule has 1 saturated carbocycles. The summed E-state index contributed by atoms with van der Waals surface area (Å²) in [6.07, 6.45) is 4.35. The van der Waals surface area contributed by atoms with E-state index >= 15 is 0 Å². The highest BCUT2D eigenvalue weighted by atomic mass is 32.2. The second-order valence-corrected chi connectivity index (χ2v) is 7.53. The predicted molar refractivity (Wildman–Crippen MR) is 65.1 cm³/mol. The first-order valence-corrected chi connectivity index (χ1v) is 8.14. The van der Waals surface area contributed by atoms with Crippen LogP contribution in [0.2, 0.25) is 0 Å². The first-order valence-electron chi connectivity index (χ1n) is 6.08. The Kier molecular flexibility index (Phi) is 3.45. The molecule has 2 aliphatic rings. The van der Waals surface area contributed by atoms with Crippen molar-refractivity contribution in [2.24, 2.45) is 17.6 Å². The average Bonchev–Trinajstić information content (AvgIpc) is 2.60. The molecule has 2 fully saturated rings. The van der Waals surface area contributed by atoms with Crippen LogP contribution in [0.25, 0.3) is 0 Å². The SMILES string of the molecule is CS(=O)(=O)CC(=O)N1CC2CCCC(N)C2C1. The van der Waals surface area contributed by atoms with Gasteiger partial charge in [-0.25, -0.2) is 8.42 Å². The van der Waals surface area contributed by atoms with Crippen LogP contribution in [0.15, 0.2) is 0 Å². The smallest absolute Gasteiger partial charge is 0.237 e. The fourth-order valence-corrected chi connectivity index (χ4v) is 3.67. The lowest BCUT2D eigenvalue weighted by Gasteiger charge is -2.29. The van der Waals surface area contributed by atoms with Crippen molar-refractivity contribution in [2.75, 3.05) is 25.1 Å². The van der Waals surface area contributed by atoms with Gasteiger partial charge in [0.25, 0.3) is 0 Å². The molecule has 2 N–H and O–H groups in total. The maximum absolute atomic E-state index is 11.8. The third-order valence-electron chi connectivity index (χ3n) is 3.89. The first kappa shape index (κ1) is 12.8. The predicted octanol–water partition coefficient (Wildman–Crippen LogP) is -0.383. The molecule has 1 aliphatic heterocycles. The highest BCUT2D eigenvalue weighted by Gasteiger charge is 2.40. The molecule has 17 heavy (non-hydrogen) atoms. The van der Waals surface area contributed by atoms with Gasteiger partial charge in [0.1, 0.15) is 5.75 Å². The van der Waals surface area contributed by atoms with Gasteiger partial charge in [-0.1, -0.05) is 6.42 Å². The Morgan fingerprint density at radius 2 is 2.06 bits per heavy atom. The standard InChI is InChI=1S/C11H20N2O3S/c1-17(15,16)7-11(14)13-5-8-3-2-4-10(12)9(8)6-13/h8-10H,2-7,12H2,1H3. The van der Waals surface area contributed by atoms with Crippen molar-refractivity contribution in [1.82, 2.24) is 4.90 Å². The van der Waals surface area contributed by atoms with E-state index in [1.807, 2.05) is 0 Å². The summed E-state index contributed by atoms with van der Waals surface area (Å²) in [6.45, 7) is 1.33. The second kappa shape index (κ2) is 4.57. The van der Waals surface area contributed by atoms with Gasteiger partial charge in [-0.2, -0.15) is 0 Å². The molecule has 2 rings (SSSR count). The Morgan fingerprint density at radius 3 is 2.65 bits per heavy atom. The minimum absolute atomic E-state index is 0.171. The van der Waals surface area contributed by atoms with E-state index < -0.39 is 9.84 Å². The van der Waals surface area contributed by atoms with Crippen LogP contribution in [0.5, 0.6) is 0 Å². The summed E-state index contributed by atoms with van der Waals surface area (Å²) in [5.41, 5.74) is 6.05. The number of sulfone groups is 1. The van der Waals surface area contributed by atoms with Crippen LogP contribution in [0.1, 0.15) is 19.3 Å². The van der Waals surface area contributed by atoms with Crippen molar-refractivity contribution in [3.63, 3.8) is 0 Å². The molecule has 0 aromatic carbocycles. The van der Waals surface area contributed by atoms with Gasteiger partial charge in [0.2, 0.25) is 5.91 Å². The Morgan fingerprint density at radius 1 is 1.35 bits per heavy atom. The lowest BCUT2D eigenvalue weighted by Crippen LogP contribution is -2.39. The molecule has 98 valence electrons. The quantitative estimate of drug-likeness (QED) is 0.733. The maximum atomic E-state index is 11.8. The van der Waals surface area contributed by atoms with Gasteiger partial charge >= 0.3 is 0 Å². The van der Waals surface area contributed by atoms with Crippen LogP contribution in [0, 0.1) is 11.8 Å². The molecule has 1 amide bonds. The van der Waals surface area contributed by atoms with Gasteiger partial charge < -0.3 is 10.6 Å². The van der Waals surface area contributed by atoms with Crippen molar-refractivity contribution >= 4 is 15.7 Å². The molecule has 3 unspecified atom stereocenters. The molecule has 1 heterocycles. The number of hydrogen-bond acceptors (Lipinski definition) is 4. The summed E-state index contributed by atoms with van der Waals surface area (Å²) in [5, 5.41) is 0.